The highest BCUT2D eigenvalue weighted by Crippen LogP contribution is 2.52. The molecule has 180 valence electrons. The topological polar surface area (TPSA) is 88.1 Å². The predicted molar refractivity (Wildman–Crippen MR) is 127 cm³/mol. The fraction of sp³-hybridized carbons (Fsp3) is 0.680. The van der Waals surface area contributed by atoms with Crippen LogP contribution in [0.15, 0.2) is 28.3 Å². The molecular weight excluding hydrogens is 438 g/mol. The minimum absolute atomic E-state index is 0.169. The molecule has 6 rings (SSSR count). The summed E-state index contributed by atoms with van der Waals surface area (Å²) in [4.78, 5) is 18.2. The van der Waals surface area contributed by atoms with E-state index in [2.05, 4.69) is 10.5 Å². The van der Waals surface area contributed by atoms with E-state index in [0.29, 0.717) is 36.2 Å². The van der Waals surface area contributed by atoms with E-state index in [4.69, 9.17) is 4.84 Å². The van der Waals surface area contributed by atoms with E-state index in [-0.39, 0.29) is 17.4 Å². The number of aryl methyl sites for hydroxylation is 1. The average Bonchev–Trinajstić information content (AvgIpc) is 3.07. The highest BCUT2D eigenvalue weighted by Gasteiger charge is 2.46. The van der Waals surface area contributed by atoms with Gasteiger partial charge in [0.15, 0.2) is 6.61 Å². The molecule has 1 aromatic rings. The first-order valence-electron chi connectivity index (χ1n) is 12.5. The first-order chi connectivity index (χ1) is 15.9. The molecule has 33 heavy (non-hydrogen) atoms. The third-order valence-corrected chi connectivity index (χ3v) is 10.0. The number of nitrogens with one attached hydrogen (secondary N) is 1. The number of carbonyl (C=O) groups excluding carboxylic acids is 1. The van der Waals surface area contributed by atoms with Crippen LogP contribution < -0.4 is 5.32 Å². The zero-order chi connectivity index (χ0) is 23.0. The SMILES string of the molecule is Cc1ccc(NC(=O)CON=C2C3CC4CC(C3)CC2C4)cc1S(=O)(=O)N1CCCCCC1. The molecule has 1 aliphatic heterocycles. The van der Waals surface area contributed by atoms with Crippen LogP contribution in [0.2, 0.25) is 0 Å². The van der Waals surface area contributed by atoms with Gasteiger partial charge < -0.3 is 10.2 Å². The molecular formula is C25H35N3O4S. The monoisotopic (exact) mass is 473 g/mol. The van der Waals surface area contributed by atoms with E-state index in [9.17, 15) is 13.2 Å². The van der Waals surface area contributed by atoms with Gasteiger partial charge in [-0.05, 0) is 81.4 Å². The van der Waals surface area contributed by atoms with Crippen LogP contribution in [0.25, 0.3) is 0 Å². The first-order valence-corrected chi connectivity index (χ1v) is 13.9. The Hall–Kier alpha value is -1.93. The summed E-state index contributed by atoms with van der Waals surface area (Å²) >= 11 is 0. The van der Waals surface area contributed by atoms with Crippen molar-refractivity contribution in [2.75, 3.05) is 25.0 Å². The minimum Gasteiger partial charge on any atom is -0.386 e. The Kier molecular flexibility index (Phi) is 6.49. The number of carbonyl (C=O) groups is 1. The summed E-state index contributed by atoms with van der Waals surface area (Å²) in [6.07, 6.45) is 10.2. The molecule has 4 aliphatic carbocycles. The Morgan fingerprint density at radius 3 is 2.30 bits per heavy atom. The third-order valence-electron chi connectivity index (χ3n) is 7.99. The predicted octanol–water partition coefficient (Wildman–Crippen LogP) is 4.33. The third kappa shape index (κ3) is 4.83. The van der Waals surface area contributed by atoms with Crippen LogP contribution in [-0.4, -0.2) is 44.0 Å². The number of nitrogens with zero attached hydrogens (tertiary/aromatic N) is 2. The van der Waals surface area contributed by atoms with Crippen molar-refractivity contribution in [2.45, 2.75) is 69.6 Å². The van der Waals surface area contributed by atoms with Gasteiger partial charge in [0.25, 0.3) is 5.91 Å². The molecule has 1 saturated heterocycles. The van der Waals surface area contributed by atoms with Crippen molar-refractivity contribution < 1.29 is 18.0 Å². The van der Waals surface area contributed by atoms with Gasteiger partial charge in [-0.15, -0.1) is 0 Å². The van der Waals surface area contributed by atoms with Gasteiger partial charge in [-0.1, -0.05) is 24.1 Å². The molecule has 0 unspecified atom stereocenters. The Morgan fingerprint density at radius 2 is 1.67 bits per heavy atom. The number of hydrogen-bond acceptors (Lipinski definition) is 5. The van der Waals surface area contributed by atoms with Crippen LogP contribution >= 0.6 is 0 Å². The lowest BCUT2D eigenvalue weighted by molar-refractivity contribution is -0.120. The molecule has 1 aromatic carbocycles. The van der Waals surface area contributed by atoms with E-state index in [1.165, 1.54) is 32.1 Å². The van der Waals surface area contributed by atoms with Crippen molar-refractivity contribution in [1.82, 2.24) is 4.31 Å². The Bertz CT molecular complexity index is 998. The van der Waals surface area contributed by atoms with Crippen molar-refractivity contribution in [1.29, 1.82) is 0 Å². The summed E-state index contributed by atoms with van der Waals surface area (Å²) in [7, 11) is -3.59. The van der Waals surface area contributed by atoms with Crippen molar-refractivity contribution in [2.24, 2.45) is 28.8 Å². The number of sulfonamides is 1. The van der Waals surface area contributed by atoms with Crippen molar-refractivity contribution in [3.05, 3.63) is 23.8 Å². The van der Waals surface area contributed by atoms with Crippen molar-refractivity contribution in [3.63, 3.8) is 0 Å². The van der Waals surface area contributed by atoms with Crippen molar-refractivity contribution >= 4 is 27.3 Å². The second-order valence-electron chi connectivity index (χ2n) is 10.4. The number of oxime groups is 1. The number of amides is 1. The molecule has 1 N–H and O–H groups in total. The normalized spacial score (nSPS) is 29.5. The van der Waals surface area contributed by atoms with Gasteiger partial charge in [0.1, 0.15) is 0 Å². The number of rotatable bonds is 6. The van der Waals surface area contributed by atoms with Crippen molar-refractivity contribution in [3.8, 4) is 0 Å². The number of anilines is 1. The molecule has 0 radical (unpaired) electrons. The van der Waals surface area contributed by atoms with Crippen LogP contribution in [0.5, 0.6) is 0 Å². The second kappa shape index (κ2) is 9.37. The summed E-state index contributed by atoms with van der Waals surface area (Å²) < 4.78 is 28.1. The average molecular weight is 474 g/mol. The van der Waals surface area contributed by atoms with E-state index < -0.39 is 10.0 Å². The zero-order valence-corrected chi connectivity index (χ0v) is 20.3. The molecule has 0 aromatic heterocycles. The molecule has 0 atom stereocenters. The Balaban J connectivity index is 1.21. The highest BCUT2D eigenvalue weighted by atomic mass is 32.2. The van der Waals surface area contributed by atoms with E-state index in [1.807, 2.05) is 0 Å². The standard InChI is InChI=1S/C25H35N3O4S/c1-17-6-7-22(15-23(17)33(30,31)28-8-4-2-3-5-9-28)26-24(29)16-32-27-25-20-11-18-10-19(13-20)14-21(25)12-18/h6-7,15,18-21H,2-5,8-14,16H2,1H3,(H,26,29). The van der Waals surface area contributed by atoms with Crippen LogP contribution in [0.3, 0.4) is 0 Å². The van der Waals surface area contributed by atoms with Gasteiger partial charge in [0.05, 0.1) is 10.6 Å². The maximum atomic E-state index is 13.2. The van der Waals surface area contributed by atoms with Gasteiger partial charge in [-0.25, -0.2) is 8.42 Å². The van der Waals surface area contributed by atoms with Crippen LogP contribution in [0, 0.1) is 30.6 Å². The summed E-state index contributed by atoms with van der Waals surface area (Å²) in [5.74, 6) is 2.46. The van der Waals surface area contributed by atoms with Gasteiger partial charge in [0.2, 0.25) is 10.0 Å². The van der Waals surface area contributed by atoms with E-state index >= 15 is 0 Å². The molecule has 0 spiro atoms. The molecule has 5 fully saturated rings. The van der Waals surface area contributed by atoms with Crippen LogP contribution in [0.1, 0.15) is 63.4 Å². The van der Waals surface area contributed by atoms with Gasteiger partial charge >= 0.3 is 0 Å². The lowest BCUT2D eigenvalue weighted by Crippen LogP contribution is -2.45. The smallest absolute Gasteiger partial charge is 0.265 e. The van der Waals surface area contributed by atoms with Gasteiger partial charge in [-0.2, -0.15) is 4.31 Å². The molecule has 8 heteroatoms. The lowest BCUT2D eigenvalue weighted by atomic mass is 9.55. The molecule has 4 bridgehead atoms. The molecule has 5 aliphatic rings. The lowest BCUT2D eigenvalue weighted by Gasteiger charge is -2.49. The Labute approximate surface area is 197 Å². The van der Waals surface area contributed by atoms with Crippen LogP contribution in [0.4, 0.5) is 5.69 Å². The molecule has 1 heterocycles. The van der Waals surface area contributed by atoms with Gasteiger partial charge in [-0.3, -0.25) is 4.79 Å². The Morgan fingerprint density at radius 1 is 1.03 bits per heavy atom. The molecule has 1 amide bonds. The van der Waals surface area contributed by atoms with E-state index in [1.54, 1.807) is 29.4 Å². The maximum Gasteiger partial charge on any atom is 0.265 e. The van der Waals surface area contributed by atoms with Crippen LogP contribution in [-0.2, 0) is 19.7 Å². The quantitative estimate of drug-likeness (QED) is 0.623. The van der Waals surface area contributed by atoms with Gasteiger partial charge in [0, 0.05) is 30.6 Å². The fourth-order valence-electron chi connectivity index (χ4n) is 6.56. The minimum atomic E-state index is -3.59. The number of hydrogen-bond donors (Lipinski definition) is 1. The molecule has 7 nitrogen and oxygen atoms in total. The fourth-order valence-corrected chi connectivity index (χ4v) is 8.32. The summed E-state index contributed by atoms with van der Waals surface area (Å²) in [6.45, 7) is 2.73. The number of benzene rings is 1. The van der Waals surface area contributed by atoms with E-state index in [0.717, 1.165) is 43.2 Å². The summed E-state index contributed by atoms with van der Waals surface area (Å²) in [5.41, 5.74) is 2.31. The molecule has 4 saturated carbocycles. The largest absolute Gasteiger partial charge is 0.386 e. The summed E-state index contributed by atoms with van der Waals surface area (Å²) in [6, 6.07) is 5.05. The summed E-state index contributed by atoms with van der Waals surface area (Å²) in [5, 5.41) is 7.18. The zero-order valence-electron chi connectivity index (χ0n) is 19.5. The maximum absolute atomic E-state index is 13.2. The first kappa shape index (κ1) is 22.8. The second-order valence-corrected chi connectivity index (χ2v) is 12.3. The highest BCUT2D eigenvalue weighted by molar-refractivity contribution is 7.89.